The van der Waals surface area contributed by atoms with Gasteiger partial charge < -0.3 is 39.5 Å². The Hall–Kier alpha value is -7.80. The summed E-state index contributed by atoms with van der Waals surface area (Å²) in [5, 5.41) is 25.0. The molecule has 2 heterocycles. The monoisotopic (exact) mass is 1010 g/mol. The number of rotatable bonds is 16. The summed E-state index contributed by atoms with van der Waals surface area (Å²) in [4.78, 5) is 89.3. The fourth-order valence-electron chi connectivity index (χ4n) is 5.59. The summed E-state index contributed by atoms with van der Waals surface area (Å²) in [5.41, 5.74) is 0.353. The molecule has 5 rings (SSSR count). The van der Waals surface area contributed by atoms with Gasteiger partial charge in [-0.2, -0.15) is 18.3 Å². The Labute approximate surface area is 393 Å². The highest BCUT2D eigenvalue weighted by molar-refractivity contribution is 7.51. The lowest BCUT2D eigenvalue weighted by Gasteiger charge is -2.17. The third-order valence-corrected chi connectivity index (χ3v) is 9.53. The van der Waals surface area contributed by atoms with E-state index in [2.05, 4.69) is 26.1 Å². The molecule has 0 bridgehead atoms. The zero-order valence-corrected chi connectivity index (χ0v) is 38.4. The number of aromatic carboxylic acids is 1. The van der Waals surface area contributed by atoms with Crippen LogP contribution in [0.1, 0.15) is 53.6 Å². The van der Waals surface area contributed by atoms with Gasteiger partial charge >= 0.3 is 43.4 Å². The van der Waals surface area contributed by atoms with Crippen LogP contribution in [0.2, 0.25) is 0 Å². The number of nitrogens with zero attached hydrogens (tertiary/aromatic N) is 4. The van der Waals surface area contributed by atoms with Crippen LogP contribution in [-0.2, 0) is 45.1 Å². The van der Waals surface area contributed by atoms with E-state index >= 15 is 0 Å². The molecule has 2 aromatic heterocycles. The average Bonchev–Trinajstić information content (AvgIpc) is 3.28. The minimum absolute atomic E-state index is 0.0758. The van der Waals surface area contributed by atoms with Gasteiger partial charge in [0.2, 0.25) is 0 Å². The number of aliphatic carboxylic acids is 1. The quantitative estimate of drug-likeness (QED) is 0.0224. The maximum atomic E-state index is 13.1. The molecule has 0 radical (unpaired) electrons. The van der Waals surface area contributed by atoms with E-state index in [1.807, 2.05) is 25.1 Å². The van der Waals surface area contributed by atoms with Crippen molar-refractivity contribution in [2.24, 2.45) is 12.1 Å². The number of hydrogen-bond donors (Lipinski definition) is 7. The standard InChI is InChI=1S/C25H25F3N2O6.C15H12F2N4O3.C3H8NO5P/c1-5-16-6-7-17(20(12-16)36-15(2)23(32)34-4)14-35-19-10-8-18(9-11-19)30-22(31)13-21(25(26,27)28)29(3)24(30)33;1-8(13-12(14(22)23)3-2-4-18-13)20-21-15(24)19-11-6-9(16)5-10(17)7-11;5-3(6)1-4-2-10(7,8)9/h6-13,15H,5,14H2,1-4H3;2-7H,1H3,(H,22,23)(H2,19,21,24);4H,1-2H2,(H,5,6)(H2,7,8,9)/b;20-8+;. The topological polar surface area (TPSA) is 299 Å². The molecule has 0 saturated heterocycles. The van der Waals surface area contributed by atoms with Crippen LogP contribution in [0.3, 0.4) is 0 Å². The minimum atomic E-state index is -4.84. The van der Waals surface area contributed by atoms with E-state index in [1.165, 1.54) is 56.6 Å². The third kappa shape index (κ3) is 17.7. The smallest absolute Gasteiger partial charge is 0.431 e. The zero-order chi connectivity index (χ0) is 52.5. The molecule has 1 atom stereocenters. The number of carbonyl (C=O) groups excluding carboxylic acids is 2. The Morgan fingerprint density at radius 1 is 0.943 bits per heavy atom. The number of amides is 2. The summed E-state index contributed by atoms with van der Waals surface area (Å²) in [6.45, 7) is 4.65. The van der Waals surface area contributed by atoms with Gasteiger partial charge in [0.25, 0.3) is 5.56 Å². The molecule has 0 aliphatic heterocycles. The number of urea groups is 1. The molecule has 70 heavy (non-hydrogen) atoms. The largest absolute Gasteiger partial charge is 0.489 e. The molecular weight excluding hydrogens is 964 g/mol. The summed E-state index contributed by atoms with van der Waals surface area (Å²) < 4.78 is 92.6. The number of nitrogens with one attached hydrogen (secondary N) is 3. The van der Waals surface area contributed by atoms with Crippen LogP contribution in [0.25, 0.3) is 5.69 Å². The van der Waals surface area contributed by atoms with Crippen molar-refractivity contribution in [1.82, 2.24) is 24.9 Å². The van der Waals surface area contributed by atoms with Crippen LogP contribution in [0.4, 0.5) is 32.4 Å². The van der Waals surface area contributed by atoms with Crippen molar-refractivity contribution in [3.8, 4) is 17.2 Å². The van der Waals surface area contributed by atoms with Crippen LogP contribution in [0.5, 0.6) is 11.5 Å². The summed E-state index contributed by atoms with van der Waals surface area (Å²) in [7, 11) is -1.88. The van der Waals surface area contributed by atoms with Gasteiger partial charge in [-0.1, -0.05) is 19.1 Å². The van der Waals surface area contributed by atoms with Gasteiger partial charge in [-0.15, -0.1) is 0 Å². The zero-order valence-electron chi connectivity index (χ0n) is 37.5. The van der Waals surface area contributed by atoms with Crippen LogP contribution in [0, 0.1) is 11.6 Å². The van der Waals surface area contributed by atoms with Crippen LogP contribution in [0.15, 0.2) is 99.8 Å². The Morgan fingerprint density at radius 2 is 1.59 bits per heavy atom. The highest BCUT2D eigenvalue weighted by atomic mass is 31.2. The second kappa shape index (κ2) is 25.5. The first-order valence-electron chi connectivity index (χ1n) is 20.0. The lowest BCUT2D eigenvalue weighted by molar-refractivity contribution is -0.148. The first-order chi connectivity index (χ1) is 32.7. The number of hydrogen-bond acceptors (Lipinski definition) is 13. The summed E-state index contributed by atoms with van der Waals surface area (Å²) in [6.07, 6.45) is -4.12. The minimum Gasteiger partial charge on any atom is -0.489 e. The number of benzene rings is 3. The number of aromatic nitrogens is 3. The molecule has 2 amide bonds. The summed E-state index contributed by atoms with van der Waals surface area (Å²) >= 11 is 0. The van der Waals surface area contributed by atoms with E-state index in [0.29, 0.717) is 38.3 Å². The molecule has 0 fully saturated rings. The Morgan fingerprint density at radius 3 is 2.14 bits per heavy atom. The maximum absolute atomic E-state index is 13.1. The first kappa shape index (κ1) is 56.5. The number of pyridine rings is 1. The Balaban J connectivity index is 0.000000326. The van der Waals surface area contributed by atoms with Crippen molar-refractivity contribution in [1.29, 1.82) is 0 Å². The summed E-state index contributed by atoms with van der Waals surface area (Å²) in [6, 6.07) is 16.1. The van der Waals surface area contributed by atoms with Gasteiger partial charge in [-0.05, 0) is 80.4 Å². The van der Waals surface area contributed by atoms with Crippen LogP contribution >= 0.6 is 7.60 Å². The van der Waals surface area contributed by atoms with E-state index < -0.39 is 85.2 Å². The number of hydrazone groups is 1. The SMILES string of the molecule is C/C(=N\NC(=O)Nc1cc(F)cc(F)c1)c1ncccc1C(=O)O.CCc1ccc(COc2ccc(-n3c(=O)cc(C(F)(F)F)n(C)c3=O)cc2)c(OC(C)C(=O)OC)c1.O=C(O)CNCP(=O)(O)O. The number of carboxylic acid groups (broad SMARTS) is 2. The van der Waals surface area contributed by atoms with Crippen molar-refractivity contribution in [2.75, 3.05) is 25.3 Å². The normalized spacial score (nSPS) is 11.7. The second-order valence-corrected chi connectivity index (χ2v) is 15.8. The fourth-order valence-corrected chi connectivity index (χ4v) is 5.99. The molecule has 0 aliphatic rings. The molecule has 7 N–H and O–H groups in total. The highest BCUT2D eigenvalue weighted by Gasteiger charge is 2.35. The molecule has 5 aromatic rings. The number of carboxylic acids is 2. The molecule has 0 aliphatic carbocycles. The van der Waals surface area contributed by atoms with Crippen LogP contribution in [-0.4, -0.2) is 89.8 Å². The second-order valence-electron chi connectivity index (χ2n) is 14.2. The van der Waals surface area contributed by atoms with Gasteiger partial charge in [-0.3, -0.25) is 29.0 Å². The van der Waals surface area contributed by atoms with E-state index in [1.54, 1.807) is 6.92 Å². The molecule has 27 heteroatoms. The van der Waals surface area contributed by atoms with E-state index in [9.17, 15) is 55.3 Å². The van der Waals surface area contributed by atoms with Gasteiger partial charge in [-0.25, -0.2) is 38.0 Å². The predicted molar refractivity (Wildman–Crippen MR) is 239 cm³/mol. The average molecular weight is 1010 g/mol. The van der Waals surface area contributed by atoms with E-state index in [-0.39, 0.29) is 35.0 Å². The predicted octanol–water partition coefficient (Wildman–Crippen LogP) is 5.04. The number of alkyl halides is 3. The van der Waals surface area contributed by atoms with Gasteiger partial charge in [0.15, 0.2) is 6.10 Å². The molecular formula is C43H45F5N7O14P. The van der Waals surface area contributed by atoms with Crippen molar-refractivity contribution < 1.29 is 79.9 Å². The molecule has 1 unspecified atom stereocenters. The van der Waals surface area contributed by atoms with Crippen molar-refractivity contribution in [2.45, 2.75) is 46.1 Å². The third-order valence-electron chi connectivity index (χ3n) is 8.90. The number of aryl methyl sites for hydroxylation is 1. The maximum Gasteiger partial charge on any atom is 0.431 e. The lowest BCUT2D eigenvalue weighted by atomic mass is 10.1. The molecule has 3 aromatic carbocycles. The van der Waals surface area contributed by atoms with Crippen molar-refractivity contribution in [3.05, 3.63) is 146 Å². The number of methoxy groups -OCH3 is 1. The van der Waals surface area contributed by atoms with Crippen LogP contribution < -0.4 is 36.8 Å². The van der Waals surface area contributed by atoms with Crippen molar-refractivity contribution in [3.63, 3.8) is 0 Å². The summed E-state index contributed by atoms with van der Waals surface area (Å²) in [5.74, 6) is -3.70. The number of carbonyl (C=O) groups is 4. The lowest BCUT2D eigenvalue weighted by Crippen LogP contribution is -2.40. The van der Waals surface area contributed by atoms with Gasteiger partial charge in [0.05, 0.1) is 36.9 Å². The van der Waals surface area contributed by atoms with Gasteiger partial charge in [0.1, 0.15) is 41.1 Å². The highest BCUT2D eigenvalue weighted by Crippen LogP contribution is 2.32. The Kier molecular flexibility index (Phi) is 20.6. The van der Waals surface area contributed by atoms with E-state index in [0.717, 1.165) is 31.2 Å². The number of halogens is 5. The fraction of sp³-hybridized carbons (Fsp3) is 0.256. The number of esters is 1. The molecule has 376 valence electrons. The molecule has 0 spiro atoms. The molecule has 0 saturated carbocycles. The first-order valence-corrected chi connectivity index (χ1v) is 21.8. The molecule has 21 nitrogen and oxygen atoms in total. The Bertz CT molecular complexity index is 2850. The van der Waals surface area contributed by atoms with Crippen molar-refractivity contribution >= 4 is 42.9 Å². The van der Waals surface area contributed by atoms with Gasteiger partial charge in [0, 0.05) is 36.6 Å². The van der Waals surface area contributed by atoms with E-state index in [4.69, 9.17) is 34.2 Å². The number of anilines is 1. The number of ether oxygens (including phenoxy) is 3.